The summed E-state index contributed by atoms with van der Waals surface area (Å²) in [7, 11) is 0. The Morgan fingerprint density at radius 3 is 2.74 bits per heavy atom. The molecule has 3 heterocycles. The molecule has 0 unspecified atom stereocenters. The highest BCUT2D eigenvalue weighted by atomic mass is 16.3. The Morgan fingerprint density at radius 1 is 1.06 bits per heavy atom. The summed E-state index contributed by atoms with van der Waals surface area (Å²) in [5, 5.41) is 24.9. The number of hydrogen-bond donors (Lipinski definition) is 4. The van der Waals surface area contributed by atoms with Gasteiger partial charge in [0.15, 0.2) is 0 Å². The van der Waals surface area contributed by atoms with Crippen LogP contribution >= 0.6 is 0 Å². The van der Waals surface area contributed by atoms with E-state index >= 15 is 0 Å². The van der Waals surface area contributed by atoms with Gasteiger partial charge >= 0.3 is 0 Å². The van der Waals surface area contributed by atoms with Crippen LogP contribution in [0.2, 0.25) is 0 Å². The van der Waals surface area contributed by atoms with Crippen LogP contribution in [0, 0.1) is 5.41 Å². The zero-order valence-electron chi connectivity index (χ0n) is 19.6. The highest BCUT2D eigenvalue weighted by molar-refractivity contribution is 5.86. The molecule has 0 aliphatic heterocycles. The number of aromatic nitrogens is 4. The summed E-state index contributed by atoms with van der Waals surface area (Å²) < 4.78 is 1.98. The number of nitrogens with two attached hydrogens (primary N) is 2. The highest BCUT2D eigenvalue weighted by Gasteiger charge is 2.66. The maximum Gasteiger partial charge on any atom is 0.145 e. The second kappa shape index (κ2) is 7.15. The van der Waals surface area contributed by atoms with Crippen molar-refractivity contribution in [2.75, 3.05) is 11.5 Å². The molecule has 3 fully saturated rings. The van der Waals surface area contributed by atoms with Crippen molar-refractivity contribution in [3.8, 4) is 0 Å². The molecule has 4 atom stereocenters. The summed E-state index contributed by atoms with van der Waals surface area (Å²) in [6.45, 7) is 0. The molecule has 35 heavy (non-hydrogen) atoms. The molecule has 3 saturated carbocycles. The van der Waals surface area contributed by atoms with Crippen molar-refractivity contribution < 1.29 is 10.2 Å². The SMILES string of the molecule is Nc1nc2cc(CC[C@]34CC[C@](O)([C@@H]3O)[C@H](n3ccc5c(N)ncnc53)C4)ccc2cc1C1CC1. The first-order valence-electron chi connectivity index (χ1n) is 12.5. The molecule has 3 aliphatic rings. The molecule has 180 valence electrons. The van der Waals surface area contributed by atoms with Gasteiger partial charge < -0.3 is 26.2 Å². The Morgan fingerprint density at radius 2 is 1.91 bits per heavy atom. The Hall–Kier alpha value is -3.23. The Balaban J connectivity index is 1.16. The maximum atomic E-state index is 11.6. The standard InChI is InChI=1S/C27H30N6O2/c28-22-18-6-10-33(24(18)31-14-30-22)21-13-26(8-9-27(21,35)25(26)34)7-5-15-1-2-17-12-19(16-3-4-16)23(29)32-20(17)11-15/h1-2,6,10-12,14,16,21,25,34-35H,3-5,7-9,13H2,(H2,29,32)(H2,28,30,31)/t21-,25-,26-,27-/m1/s1. The van der Waals surface area contributed by atoms with Crippen LogP contribution in [0.5, 0.6) is 0 Å². The number of fused-ring (bicyclic) bond motifs is 4. The molecule has 4 aromatic rings. The van der Waals surface area contributed by atoms with E-state index in [0.717, 1.165) is 35.6 Å². The lowest BCUT2D eigenvalue weighted by Crippen LogP contribution is -2.42. The van der Waals surface area contributed by atoms with Gasteiger partial charge in [0, 0.05) is 17.0 Å². The number of anilines is 2. The van der Waals surface area contributed by atoms with Crippen LogP contribution in [0.1, 0.15) is 61.6 Å². The molecular weight excluding hydrogens is 440 g/mol. The van der Waals surface area contributed by atoms with Gasteiger partial charge in [-0.25, -0.2) is 15.0 Å². The minimum absolute atomic E-state index is 0.253. The lowest BCUT2D eigenvalue weighted by atomic mass is 9.77. The van der Waals surface area contributed by atoms with E-state index in [1.54, 1.807) is 0 Å². The van der Waals surface area contributed by atoms with Crippen LogP contribution in [0.15, 0.2) is 42.9 Å². The number of aryl methyl sites for hydroxylation is 1. The molecule has 8 nitrogen and oxygen atoms in total. The van der Waals surface area contributed by atoms with Crippen LogP contribution in [-0.4, -0.2) is 41.4 Å². The monoisotopic (exact) mass is 470 g/mol. The van der Waals surface area contributed by atoms with Gasteiger partial charge in [-0.05, 0) is 80.2 Å². The number of aliphatic hydroxyl groups is 2. The smallest absolute Gasteiger partial charge is 0.145 e. The first-order valence-corrected chi connectivity index (χ1v) is 12.5. The van der Waals surface area contributed by atoms with Crippen molar-refractivity contribution in [3.05, 3.63) is 54.0 Å². The average molecular weight is 471 g/mol. The fourth-order valence-electron chi connectivity index (χ4n) is 6.84. The van der Waals surface area contributed by atoms with Crippen molar-refractivity contribution in [1.82, 2.24) is 19.5 Å². The van der Waals surface area contributed by atoms with E-state index < -0.39 is 11.7 Å². The second-order valence-corrected chi connectivity index (χ2v) is 11.0. The third-order valence-electron chi connectivity index (χ3n) is 9.00. The van der Waals surface area contributed by atoms with Gasteiger partial charge in [-0.2, -0.15) is 0 Å². The summed E-state index contributed by atoms with van der Waals surface area (Å²) in [6.07, 6.45) is 8.65. The van der Waals surface area contributed by atoms with E-state index in [4.69, 9.17) is 16.5 Å². The number of rotatable bonds is 5. The van der Waals surface area contributed by atoms with Crippen LogP contribution in [0.4, 0.5) is 11.6 Å². The van der Waals surface area contributed by atoms with Crippen molar-refractivity contribution in [2.24, 2.45) is 5.41 Å². The third-order valence-corrected chi connectivity index (χ3v) is 9.00. The van der Waals surface area contributed by atoms with Crippen LogP contribution in [0.25, 0.3) is 21.9 Å². The largest absolute Gasteiger partial charge is 0.389 e. The van der Waals surface area contributed by atoms with E-state index in [1.807, 2.05) is 16.8 Å². The first kappa shape index (κ1) is 21.1. The van der Waals surface area contributed by atoms with Crippen molar-refractivity contribution in [1.29, 1.82) is 0 Å². The normalized spacial score (nSPS) is 30.0. The van der Waals surface area contributed by atoms with Gasteiger partial charge in [0.2, 0.25) is 0 Å². The van der Waals surface area contributed by atoms with E-state index in [9.17, 15) is 10.2 Å². The maximum absolute atomic E-state index is 11.6. The molecule has 8 heteroatoms. The molecule has 0 radical (unpaired) electrons. The zero-order valence-corrected chi connectivity index (χ0v) is 19.6. The van der Waals surface area contributed by atoms with Crippen molar-refractivity contribution in [2.45, 2.75) is 68.6 Å². The molecule has 0 saturated heterocycles. The number of aliphatic hydroxyl groups excluding tert-OH is 1. The average Bonchev–Trinajstić information content (AvgIpc) is 3.51. The summed E-state index contributed by atoms with van der Waals surface area (Å²) in [6, 6.07) is 10.2. The summed E-state index contributed by atoms with van der Waals surface area (Å²) in [5.74, 6) is 1.65. The van der Waals surface area contributed by atoms with Gasteiger partial charge in [0.1, 0.15) is 29.2 Å². The molecule has 7 rings (SSSR count). The number of hydrogen-bond acceptors (Lipinski definition) is 7. The second-order valence-electron chi connectivity index (χ2n) is 11.0. The number of pyridine rings is 1. The molecule has 3 aliphatic carbocycles. The van der Waals surface area contributed by atoms with Crippen LogP contribution in [0.3, 0.4) is 0 Å². The topological polar surface area (TPSA) is 136 Å². The summed E-state index contributed by atoms with van der Waals surface area (Å²) in [4.78, 5) is 13.2. The summed E-state index contributed by atoms with van der Waals surface area (Å²) in [5.41, 5.74) is 14.7. The fraction of sp³-hybridized carbons (Fsp3) is 0.444. The van der Waals surface area contributed by atoms with E-state index in [2.05, 4.69) is 34.2 Å². The zero-order chi connectivity index (χ0) is 23.9. The van der Waals surface area contributed by atoms with Gasteiger partial charge in [-0.3, -0.25) is 0 Å². The Labute approximate surface area is 203 Å². The third kappa shape index (κ3) is 3.02. The van der Waals surface area contributed by atoms with Crippen LogP contribution in [-0.2, 0) is 6.42 Å². The molecule has 6 N–H and O–H groups in total. The fourth-order valence-corrected chi connectivity index (χ4v) is 6.84. The van der Waals surface area contributed by atoms with E-state index in [0.29, 0.717) is 36.0 Å². The summed E-state index contributed by atoms with van der Waals surface area (Å²) >= 11 is 0. The number of nitrogen functional groups attached to an aromatic ring is 2. The lowest BCUT2D eigenvalue weighted by Gasteiger charge is -2.33. The minimum Gasteiger partial charge on any atom is -0.389 e. The van der Waals surface area contributed by atoms with Crippen molar-refractivity contribution in [3.63, 3.8) is 0 Å². The van der Waals surface area contributed by atoms with Gasteiger partial charge in [-0.1, -0.05) is 12.1 Å². The molecular formula is C27H30N6O2. The minimum atomic E-state index is -1.18. The quantitative estimate of drug-likeness (QED) is 0.351. The number of nitrogens with zero attached hydrogens (tertiary/aromatic N) is 4. The molecule has 3 aromatic heterocycles. The molecule has 2 bridgehead atoms. The van der Waals surface area contributed by atoms with Gasteiger partial charge in [-0.15, -0.1) is 0 Å². The highest BCUT2D eigenvalue weighted by Crippen LogP contribution is 2.63. The lowest BCUT2D eigenvalue weighted by molar-refractivity contribution is -0.0735. The van der Waals surface area contributed by atoms with Gasteiger partial charge in [0.05, 0.1) is 23.0 Å². The van der Waals surface area contributed by atoms with Crippen LogP contribution < -0.4 is 11.5 Å². The predicted octanol–water partition coefficient (Wildman–Crippen LogP) is 3.47. The van der Waals surface area contributed by atoms with E-state index in [1.165, 1.54) is 30.3 Å². The molecule has 0 amide bonds. The van der Waals surface area contributed by atoms with Crippen molar-refractivity contribution >= 4 is 33.6 Å². The predicted molar refractivity (Wildman–Crippen MR) is 135 cm³/mol. The van der Waals surface area contributed by atoms with Gasteiger partial charge in [0.25, 0.3) is 0 Å². The van der Waals surface area contributed by atoms with E-state index in [-0.39, 0.29) is 11.5 Å². The molecule has 1 aromatic carbocycles. The first-order chi connectivity index (χ1) is 16.9. The molecule has 0 spiro atoms. The number of benzene rings is 1. The Kier molecular flexibility index (Phi) is 4.31. The Bertz CT molecular complexity index is 1480.